The molecule has 26 heavy (non-hydrogen) atoms. The number of hydrogen-bond acceptors (Lipinski definition) is 2. The number of carbonyl (C=O) groups excluding carboxylic acids is 2. The maximum atomic E-state index is 12.9. The molecular formula is C19H13Cl2FN2O2. The predicted octanol–water partition coefficient (Wildman–Crippen LogP) is 4.62. The minimum absolute atomic E-state index is 0.169. The number of aromatic nitrogens is 1. The first-order chi connectivity index (χ1) is 12.5. The molecule has 3 aromatic rings. The van der Waals surface area contributed by atoms with E-state index in [4.69, 9.17) is 23.2 Å². The van der Waals surface area contributed by atoms with Crippen molar-refractivity contribution in [2.24, 2.45) is 0 Å². The number of carbonyl (C=O) groups is 2. The van der Waals surface area contributed by atoms with Gasteiger partial charge in [-0.25, -0.2) is 4.39 Å². The highest BCUT2D eigenvalue weighted by atomic mass is 35.5. The lowest BCUT2D eigenvalue weighted by Gasteiger charge is -2.04. The summed E-state index contributed by atoms with van der Waals surface area (Å²) in [5.74, 6) is -1.07. The summed E-state index contributed by atoms with van der Waals surface area (Å²) in [5, 5.41) is 3.15. The van der Waals surface area contributed by atoms with Crippen LogP contribution in [-0.2, 0) is 6.54 Å². The van der Waals surface area contributed by atoms with Gasteiger partial charge < -0.3 is 10.3 Å². The maximum Gasteiger partial charge on any atom is 0.267 e. The Balaban J connectivity index is 1.70. The van der Waals surface area contributed by atoms with Gasteiger partial charge in [0.25, 0.3) is 5.91 Å². The summed E-state index contributed by atoms with van der Waals surface area (Å²) in [7, 11) is 0. The van der Waals surface area contributed by atoms with Crippen molar-refractivity contribution in [1.82, 2.24) is 10.3 Å². The molecule has 0 spiro atoms. The monoisotopic (exact) mass is 390 g/mol. The number of rotatable bonds is 5. The van der Waals surface area contributed by atoms with Gasteiger partial charge in [-0.1, -0.05) is 41.4 Å². The van der Waals surface area contributed by atoms with Crippen LogP contribution in [0.2, 0.25) is 10.0 Å². The molecule has 2 N–H and O–H groups in total. The van der Waals surface area contributed by atoms with Crippen LogP contribution in [0, 0.1) is 5.82 Å². The summed E-state index contributed by atoms with van der Waals surface area (Å²) in [6.45, 7) is 0.238. The van der Waals surface area contributed by atoms with E-state index in [0.29, 0.717) is 5.56 Å². The SMILES string of the molecule is O=C(NCc1ccc(F)cc1)c1cc(C(=O)c2cccc(Cl)c2Cl)c[nH]1. The molecule has 3 rings (SSSR count). The van der Waals surface area contributed by atoms with Gasteiger partial charge in [-0.15, -0.1) is 0 Å². The Hall–Kier alpha value is -2.63. The van der Waals surface area contributed by atoms with E-state index < -0.39 is 0 Å². The van der Waals surface area contributed by atoms with Gasteiger partial charge >= 0.3 is 0 Å². The van der Waals surface area contributed by atoms with Crippen molar-refractivity contribution in [3.63, 3.8) is 0 Å². The molecule has 132 valence electrons. The van der Waals surface area contributed by atoms with E-state index in [9.17, 15) is 14.0 Å². The van der Waals surface area contributed by atoms with Crippen LogP contribution in [0.25, 0.3) is 0 Å². The van der Waals surface area contributed by atoms with Gasteiger partial charge in [-0.05, 0) is 35.9 Å². The molecule has 0 unspecified atom stereocenters. The third-order valence-electron chi connectivity index (χ3n) is 3.75. The molecule has 4 nitrogen and oxygen atoms in total. The van der Waals surface area contributed by atoms with Crippen molar-refractivity contribution in [2.75, 3.05) is 0 Å². The van der Waals surface area contributed by atoms with E-state index in [0.717, 1.165) is 5.56 Å². The summed E-state index contributed by atoms with van der Waals surface area (Å²) < 4.78 is 12.9. The van der Waals surface area contributed by atoms with Gasteiger partial charge in [0.1, 0.15) is 11.5 Å². The normalized spacial score (nSPS) is 10.6. The molecule has 0 aliphatic heterocycles. The van der Waals surface area contributed by atoms with E-state index in [1.165, 1.54) is 24.4 Å². The second kappa shape index (κ2) is 7.72. The Labute approximate surface area is 158 Å². The van der Waals surface area contributed by atoms with Crippen LogP contribution >= 0.6 is 23.2 Å². The molecule has 0 aliphatic carbocycles. The van der Waals surface area contributed by atoms with E-state index in [1.54, 1.807) is 30.3 Å². The maximum absolute atomic E-state index is 12.9. The smallest absolute Gasteiger partial charge is 0.267 e. The lowest BCUT2D eigenvalue weighted by atomic mass is 10.1. The average molecular weight is 391 g/mol. The van der Waals surface area contributed by atoms with Gasteiger partial charge in [0.05, 0.1) is 10.0 Å². The Morgan fingerprint density at radius 2 is 1.81 bits per heavy atom. The second-order valence-corrected chi connectivity index (χ2v) is 6.33. The quantitative estimate of drug-likeness (QED) is 0.624. The number of hydrogen-bond donors (Lipinski definition) is 2. The average Bonchev–Trinajstić information content (AvgIpc) is 3.13. The molecular weight excluding hydrogens is 378 g/mol. The summed E-state index contributed by atoms with van der Waals surface area (Å²) in [4.78, 5) is 27.5. The Bertz CT molecular complexity index is 968. The molecule has 2 aromatic carbocycles. The second-order valence-electron chi connectivity index (χ2n) is 5.54. The molecule has 0 saturated heterocycles. The fourth-order valence-corrected chi connectivity index (χ4v) is 2.76. The number of aromatic amines is 1. The van der Waals surface area contributed by atoms with Gasteiger partial charge in [0.2, 0.25) is 0 Å². The molecule has 0 aliphatic rings. The molecule has 7 heteroatoms. The number of halogens is 3. The Morgan fingerprint density at radius 1 is 1.08 bits per heavy atom. The minimum Gasteiger partial charge on any atom is -0.356 e. The minimum atomic E-state index is -0.384. The number of benzene rings is 2. The molecule has 1 aromatic heterocycles. The van der Waals surface area contributed by atoms with Crippen LogP contribution in [0.1, 0.15) is 32.0 Å². The highest BCUT2D eigenvalue weighted by Crippen LogP contribution is 2.27. The summed E-state index contributed by atoms with van der Waals surface area (Å²) >= 11 is 12.0. The van der Waals surface area contributed by atoms with Crippen molar-refractivity contribution in [1.29, 1.82) is 0 Å². The molecule has 0 radical (unpaired) electrons. The van der Waals surface area contributed by atoms with E-state index in [2.05, 4.69) is 10.3 Å². The third-order valence-corrected chi connectivity index (χ3v) is 4.57. The largest absolute Gasteiger partial charge is 0.356 e. The Kier molecular flexibility index (Phi) is 5.40. The van der Waals surface area contributed by atoms with Gasteiger partial charge in [-0.3, -0.25) is 9.59 Å². The zero-order valence-corrected chi connectivity index (χ0v) is 14.9. The third kappa shape index (κ3) is 3.95. The van der Waals surface area contributed by atoms with E-state index in [1.807, 2.05) is 0 Å². The summed E-state index contributed by atoms with van der Waals surface area (Å²) in [6, 6.07) is 12.0. The van der Waals surface area contributed by atoms with Crippen molar-refractivity contribution < 1.29 is 14.0 Å². The van der Waals surface area contributed by atoms with Crippen molar-refractivity contribution in [2.45, 2.75) is 6.54 Å². The lowest BCUT2D eigenvalue weighted by Crippen LogP contribution is -2.23. The number of H-pyrrole nitrogens is 1. The number of amides is 1. The van der Waals surface area contributed by atoms with Crippen molar-refractivity contribution in [3.05, 3.63) is 93.0 Å². The van der Waals surface area contributed by atoms with Gasteiger partial charge in [0.15, 0.2) is 5.78 Å². The molecule has 0 atom stereocenters. The summed E-state index contributed by atoms with van der Waals surface area (Å²) in [5.41, 5.74) is 1.54. The first-order valence-electron chi connectivity index (χ1n) is 7.65. The molecule has 0 saturated carbocycles. The molecule has 1 heterocycles. The van der Waals surface area contributed by atoms with Crippen molar-refractivity contribution >= 4 is 34.9 Å². The topological polar surface area (TPSA) is 62.0 Å². The highest BCUT2D eigenvalue weighted by molar-refractivity contribution is 6.44. The van der Waals surface area contributed by atoms with Crippen LogP contribution in [-0.4, -0.2) is 16.7 Å². The van der Waals surface area contributed by atoms with Gasteiger partial charge in [0, 0.05) is 23.9 Å². The zero-order valence-electron chi connectivity index (χ0n) is 13.4. The van der Waals surface area contributed by atoms with Gasteiger partial charge in [-0.2, -0.15) is 0 Å². The van der Waals surface area contributed by atoms with E-state index in [-0.39, 0.29) is 45.4 Å². The summed E-state index contributed by atoms with van der Waals surface area (Å²) in [6.07, 6.45) is 1.44. The molecule has 0 bridgehead atoms. The number of ketones is 1. The number of nitrogens with one attached hydrogen (secondary N) is 2. The van der Waals surface area contributed by atoms with Crippen LogP contribution in [0.4, 0.5) is 4.39 Å². The first-order valence-corrected chi connectivity index (χ1v) is 8.41. The fraction of sp³-hybridized carbons (Fsp3) is 0.0526. The van der Waals surface area contributed by atoms with E-state index >= 15 is 0 Å². The standard InChI is InChI=1S/C19H13Cl2FN2O2/c20-15-3-1-2-14(17(15)21)18(25)12-8-16(23-10-12)19(26)24-9-11-4-6-13(22)7-5-11/h1-8,10,23H,9H2,(H,24,26). The first kappa shape index (κ1) is 18.2. The van der Waals surface area contributed by atoms with Crippen LogP contribution in [0.5, 0.6) is 0 Å². The van der Waals surface area contributed by atoms with Crippen LogP contribution < -0.4 is 5.32 Å². The highest BCUT2D eigenvalue weighted by Gasteiger charge is 2.18. The molecule has 0 fully saturated rings. The van der Waals surface area contributed by atoms with Crippen molar-refractivity contribution in [3.8, 4) is 0 Å². The predicted molar refractivity (Wildman–Crippen MR) is 98.3 cm³/mol. The lowest BCUT2D eigenvalue weighted by molar-refractivity contribution is 0.0946. The fourth-order valence-electron chi connectivity index (χ4n) is 2.37. The van der Waals surface area contributed by atoms with Crippen LogP contribution in [0.15, 0.2) is 54.7 Å². The molecule has 1 amide bonds. The van der Waals surface area contributed by atoms with Crippen LogP contribution in [0.3, 0.4) is 0 Å². The zero-order chi connectivity index (χ0) is 18.7. The Morgan fingerprint density at radius 3 is 2.54 bits per heavy atom.